The Hall–Kier alpha value is -2.91. The molecule has 0 aliphatic carbocycles. The SMILES string of the molecule is CS(=O)(=O)Nc1ccccc1NC(=O)CCc1nc(-c2ccc(Cl)cc2)no1. The molecule has 0 fully saturated rings. The van der Waals surface area contributed by atoms with Crippen LogP contribution in [-0.4, -0.2) is 30.7 Å². The molecule has 3 aromatic rings. The van der Waals surface area contributed by atoms with Crippen molar-refractivity contribution < 1.29 is 17.7 Å². The van der Waals surface area contributed by atoms with E-state index in [2.05, 4.69) is 20.2 Å². The predicted molar refractivity (Wildman–Crippen MR) is 107 cm³/mol. The zero-order valence-electron chi connectivity index (χ0n) is 14.8. The molecule has 0 aliphatic rings. The van der Waals surface area contributed by atoms with Crippen LogP contribution < -0.4 is 10.0 Å². The maximum atomic E-state index is 12.2. The molecule has 146 valence electrons. The lowest BCUT2D eigenvalue weighted by molar-refractivity contribution is -0.116. The fourth-order valence-corrected chi connectivity index (χ4v) is 3.09. The number of benzene rings is 2. The maximum Gasteiger partial charge on any atom is 0.229 e. The molecule has 0 bridgehead atoms. The van der Waals surface area contributed by atoms with Crippen LogP contribution in [0.4, 0.5) is 11.4 Å². The van der Waals surface area contributed by atoms with E-state index in [9.17, 15) is 13.2 Å². The third-order valence-corrected chi connectivity index (χ3v) is 4.48. The molecule has 0 unspecified atom stereocenters. The van der Waals surface area contributed by atoms with E-state index >= 15 is 0 Å². The van der Waals surface area contributed by atoms with Crippen LogP contribution in [0.3, 0.4) is 0 Å². The summed E-state index contributed by atoms with van der Waals surface area (Å²) in [7, 11) is -3.46. The van der Waals surface area contributed by atoms with Crippen molar-refractivity contribution in [1.82, 2.24) is 10.1 Å². The van der Waals surface area contributed by atoms with E-state index in [0.29, 0.717) is 28.1 Å². The number of aryl methyl sites for hydroxylation is 1. The number of aromatic nitrogens is 2. The summed E-state index contributed by atoms with van der Waals surface area (Å²) in [6.07, 6.45) is 1.38. The van der Waals surface area contributed by atoms with Crippen LogP contribution in [-0.2, 0) is 21.2 Å². The normalized spacial score (nSPS) is 11.2. The van der Waals surface area contributed by atoms with Crippen molar-refractivity contribution >= 4 is 38.9 Å². The Bertz CT molecular complexity index is 1080. The number of nitrogens with one attached hydrogen (secondary N) is 2. The van der Waals surface area contributed by atoms with Crippen molar-refractivity contribution in [3.63, 3.8) is 0 Å². The number of hydrogen-bond donors (Lipinski definition) is 2. The number of sulfonamides is 1. The van der Waals surface area contributed by atoms with Gasteiger partial charge >= 0.3 is 0 Å². The Morgan fingerprint density at radius 2 is 1.79 bits per heavy atom. The van der Waals surface area contributed by atoms with E-state index in [1.165, 1.54) is 0 Å². The molecule has 0 atom stereocenters. The molecule has 1 amide bonds. The van der Waals surface area contributed by atoms with Gasteiger partial charge in [0.25, 0.3) is 0 Å². The third-order valence-electron chi connectivity index (χ3n) is 3.63. The molecule has 1 heterocycles. The van der Waals surface area contributed by atoms with Crippen molar-refractivity contribution in [1.29, 1.82) is 0 Å². The Labute approximate surface area is 167 Å². The number of rotatable bonds is 7. The first kappa shape index (κ1) is 19.8. The van der Waals surface area contributed by atoms with E-state index in [1.54, 1.807) is 48.5 Å². The van der Waals surface area contributed by atoms with Gasteiger partial charge in [0.1, 0.15) is 0 Å². The molecular formula is C18H17ClN4O4S. The molecule has 2 N–H and O–H groups in total. The minimum Gasteiger partial charge on any atom is -0.339 e. The van der Waals surface area contributed by atoms with Gasteiger partial charge in [0.15, 0.2) is 0 Å². The number of para-hydroxylation sites is 2. The average Bonchev–Trinajstić information content (AvgIpc) is 3.10. The van der Waals surface area contributed by atoms with Crippen molar-refractivity contribution in [3.8, 4) is 11.4 Å². The second-order valence-electron chi connectivity index (χ2n) is 5.99. The second-order valence-corrected chi connectivity index (χ2v) is 8.17. The Morgan fingerprint density at radius 1 is 1.11 bits per heavy atom. The molecule has 10 heteroatoms. The molecule has 0 aliphatic heterocycles. The Morgan fingerprint density at radius 3 is 2.46 bits per heavy atom. The van der Waals surface area contributed by atoms with Gasteiger partial charge in [-0.2, -0.15) is 4.98 Å². The quantitative estimate of drug-likeness (QED) is 0.605. The van der Waals surface area contributed by atoms with Gasteiger partial charge in [-0.05, 0) is 36.4 Å². The summed E-state index contributed by atoms with van der Waals surface area (Å²) in [4.78, 5) is 16.5. The monoisotopic (exact) mass is 420 g/mol. The molecule has 0 radical (unpaired) electrons. The molecule has 8 nitrogen and oxygen atoms in total. The fourth-order valence-electron chi connectivity index (χ4n) is 2.39. The molecule has 0 saturated heterocycles. The Balaban J connectivity index is 1.60. The molecule has 28 heavy (non-hydrogen) atoms. The Kier molecular flexibility index (Phi) is 5.96. The summed E-state index contributed by atoms with van der Waals surface area (Å²) in [5.74, 6) is 0.423. The highest BCUT2D eigenvalue weighted by Gasteiger charge is 2.13. The number of carbonyl (C=O) groups is 1. The first-order valence-electron chi connectivity index (χ1n) is 8.25. The summed E-state index contributed by atoms with van der Waals surface area (Å²) < 4.78 is 30.4. The summed E-state index contributed by atoms with van der Waals surface area (Å²) in [5, 5.41) is 7.18. The molecule has 3 rings (SSSR count). The topological polar surface area (TPSA) is 114 Å². The van der Waals surface area contributed by atoms with Crippen LogP contribution in [0.2, 0.25) is 5.02 Å². The largest absolute Gasteiger partial charge is 0.339 e. The minimum absolute atomic E-state index is 0.0927. The van der Waals surface area contributed by atoms with Crippen molar-refractivity contribution in [2.75, 3.05) is 16.3 Å². The van der Waals surface area contributed by atoms with Crippen molar-refractivity contribution in [2.45, 2.75) is 12.8 Å². The van der Waals surface area contributed by atoms with Gasteiger partial charge in [-0.15, -0.1) is 0 Å². The van der Waals surface area contributed by atoms with E-state index in [0.717, 1.165) is 11.8 Å². The predicted octanol–water partition coefficient (Wildman–Crippen LogP) is 3.33. The first-order chi connectivity index (χ1) is 13.3. The van der Waals surface area contributed by atoms with Gasteiger partial charge in [0.05, 0.1) is 17.6 Å². The van der Waals surface area contributed by atoms with E-state index < -0.39 is 10.0 Å². The van der Waals surface area contributed by atoms with Crippen LogP contribution in [0.5, 0.6) is 0 Å². The highest BCUT2D eigenvalue weighted by Crippen LogP contribution is 2.22. The number of carbonyl (C=O) groups excluding carboxylic acids is 1. The van der Waals surface area contributed by atoms with Gasteiger partial charge < -0.3 is 9.84 Å². The van der Waals surface area contributed by atoms with Crippen molar-refractivity contribution in [2.24, 2.45) is 0 Å². The van der Waals surface area contributed by atoms with Crippen LogP contribution >= 0.6 is 11.6 Å². The number of amides is 1. The average molecular weight is 421 g/mol. The first-order valence-corrected chi connectivity index (χ1v) is 10.5. The molecule has 0 spiro atoms. The summed E-state index contributed by atoms with van der Waals surface area (Å²) in [5.41, 5.74) is 1.41. The minimum atomic E-state index is -3.46. The lowest BCUT2D eigenvalue weighted by Crippen LogP contribution is -2.16. The standard InChI is InChI=1S/C18H17ClN4O4S/c1-28(25,26)23-15-5-3-2-4-14(15)20-16(24)10-11-17-21-18(22-27-17)12-6-8-13(19)9-7-12/h2-9,23H,10-11H2,1H3,(H,20,24). The summed E-state index contributed by atoms with van der Waals surface area (Å²) in [6.45, 7) is 0. The molecule has 1 aromatic heterocycles. The summed E-state index contributed by atoms with van der Waals surface area (Å²) >= 11 is 5.86. The maximum absolute atomic E-state index is 12.2. The smallest absolute Gasteiger partial charge is 0.229 e. The van der Waals surface area contributed by atoms with Gasteiger partial charge in [-0.1, -0.05) is 28.9 Å². The number of anilines is 2. The lowest BCUT2D eigenvalue weighted by atomic mass is 10.2. The van der Waals surface area contributed by atoms with Crippen LogP contribution in [0.15, 0.2) is 53.1 Å². The van der Waals surface area contributed by atoms with Gasteiger partial charge in [0.2, 0.25) is 27.6 Å². The number of nitrogens with zero attached hydrogens (tertiary/aromatic N) is 2. The highest BCUT2D eigenvalue weighted by molar-refractivity contribution is 7.92. The van der Waals surface area contributed by atoms with Crippen LogP contribution in [0, 0.1) is 0 Å². The van der Waals surface area contributed by atoms with E-state index in [1.807, 2.05) is 0 Å². The molecule has 2 aromatic carbocycles. The molecule has 0 saturated carbocycles. The molecular weight excluding hydrogens is 404 g/mol. The number of hydrogen-bond acceptors (Lipinski definition) is 6. The fraction of sp³-hybridized carbons (Fsp3) is 0.167. The van der Waals surface area contributed by atoms with E-state index in [-0.39, 0.29) is 18.7 Å². The van der Waals surface area contributed by atoms with Crippen LogP contribution in [0.25, 0.3) is 11.4 Å². The van der Waals surface area contributed by atoms with Crippen molar-refractivity contribution in [3.05, 3.63) is 59.4 Å². The third kappa shape index (κ3) is 5.54. The highest BCUT2D eigenvalue weighted by atomic mass is 35.5. The van der Waals surface area contributed by atoms with Gasteiger partial charge in [-0.25, -0.2) is 8.42 Å². The second kappa shape index (κ2) is 8.41. The van der Waals surface area contributed by atoms with Gasteiger partial charge in [-0.3, -0.25) is 9.52 Å². The number of halogens is 1. The van der Waals surface area contributed by atoms with Crippen LogP contribution in [0.1, 0.15) is 12.3 Å². The lowest BCUT2D eigenvalue weighted by Gasteiger charge is -2.11. The zero-order valence-corrected chi connectivity index (χ0v) is 16.4. The zero-order chi connectivity index (χ0) is 20.1. The van der Waals surface area contributed by atoms with Gasteiger partial charge in [0, 0.05) is 23.4 Å². The summed E-state index contributed by atoms with van der Waals surface area (Å²) in [6, 6.07) is 13.5. The van der Waals surface area contributed by atoms with E-state index in [4.69, 9.17) is 16.1 Å².